The first-order valence-corrected chi connectivity index (χ1v) is 8.39. The lowest BCUT2D eigenvalue weighted by atomic mass is 10.3. The second kappa shape index (κ2) is 6.01. The molecule has 0 amide bonds. The van der Waals surface area contributed by atoms with Crippen LogP contribution >= 0.6 is 11.6 Å². The van der Waals surface area contributed by atoms with E-state index in [2.05, 4.69) is 14.5 Å². The Bertz CT molecular complexity index is 611. The van der Waals surface area contributed by atoms with Gasteiger partial charge in [0.2, 0.25) is 0 Å². The molecule has 2 heterocycles. The fourth-order valence-electron chi connectivity index (χ4n) is 2.01. The molecular weight excluding hydrogens is 282 g/mol. The number of halogens is 1. The van der Waals surface area contributed by atoms with Gasteiger partial charge in [0.25, 0.3) is 0 Å². The third-order valence-electron chi connectivity index (χ3n) is 3.24. The molecule has 2 aromatic heterocycles. The van der Waals surface area contributed by atoms with Crippen molar-refractivity contribution in [1.29, 1.82) is 0 Å². The fourth-order valence-corrected chi connectivity index (χ4v) is 2.54. The van der Waals surface area contributed by atoms with E-state index in [0.717, 1.165) is 22.6 Å². The van der Waals surface area contributed by atoms with Crippen molar-refractivity contribution >= 4 is 33.6 Å². The van der Waals surface area contributed by atoms with Gasteiger partial charge in [-0.25, -0.2) is 9.97 Å². The van der Waals surface area contributed by atoms with E-state index in [1.54, 1.807) is 12.5 Å². The molecule has 0 bridgehead atoms. The van der Waals surface area contributed by atoms with E-state index in [1.165, 1.54) is 0 Å². The highest BCUT2D eigenvalue weighted by Gasteiger charge is 2.16. The van der Waals surface area contributed by atoms with E-state index in [1.807, 2.05) is 19.9 Å². The van der Waals surface area contributed by atoms with Gasteiger partial charge in [0.05, 0.1) is 0 Å². The number of hydrogen-bond acceptors (Lipinski definition) is 3. The Balaban J connectivity index is 2.52. The third kappa shape index (κ3) is 2.98. The summed E-state index contributed by atoms with van der Waals surface area (Å²) in [6, 6.07) is 1.95. The molecule has 2 aromatic rings. The maximum Gasteiger partial charge on any atom is 0.160 e. The molecule has 0 aliphatic heterocycles. The second-order valence-electron chi connectivity index (χ2n) is 4.69. The number of aromatic nitrogens is 3. The van der Waals surface area contributed by atoms with Gasteiger partial charge in [-0.1, -0.05) is 0 Å². The molecular formula is C13H18ClN3OS. The lowest BCUT2D eigenvalue weighted by Gasteiger charge is -2.12. The Labute approximate surface area is 120 Å². The minimum Gasteiger partial charge on any atom is -0.311 e. The van der Waals surface area contributed by atoms with Crippen molar-refractivity contribution in [2.45, 2.75) is 32.1 Å². The van der Waals surface area contributed by atoms with E-state index in [-0.39, 0.29) is 5.25 Å². The van der Waals surface area contributed by atoms with Gasteiger partial charge in [-0.15, -0.1) is 11.6 Å². The molecule has 0 aliphatic rings. The Morgan fingerprint density at radius 1 is 1.53 bits per heavy atom. The van der Waals surface area contributed by atoms with Gasteiger partial charge in [-0.2, -0.15) is 0 Å². The predicted octanol–water partition coefficient (Wildman–Crippen LogP) is 2.29. The molecule has 0 fully saturated rings. The Kier molecular flexibility index (Phi) is 4.58. The molecule has 0 saturated heterocycles. The predicted molar refractivity (Wildman–Crippen MR) is 80.2 cm³/mol. The number of nitrogens with zero attached hydrogens (tertiary/aromatic N) is 3. The van der Waals surface area contributed by atoms with Gasteiger partial charge in [-0.05, 0) is 25.5 Å². The SMILES string of the molecule is Cc1ccnc2c1nc(CCCl)n2CC(C)S(C)=O. The summed E-state index contributed by atoms with van der Waals surface area (Å²) in [4.78, 5) is 9.05. The van der Waals surface area contributed by atoms with Gasteiger partial charge in [0.1, 0.15) is 11.3 Å². The van der Waals surface area contributed by atoms with E-state index >= 15 is 0 Å². The Morgan fingerprint density at radius 2 is 2.26 bits per heavy atom. The van der Waals surface area contributed by atoms with Crippen molar-refractivity contribution in [2.75, 3.05) is 12.1 Å². The number of rotatable bonds is 5. The first kappa shape index (κ1) is 14.5. The van der Waals surface area contributed by atoms with Gasteiger partial charge < -0.3 is 4.57 Å². The zero-order valence-electron chi connectivity index (χ0n) is 11.4. The van der Waals surface area contributed by atoms with Crippen molar-refractivity contribution in [3.63, 3.8) is 0 Å². The summed E-state index contributed by atoms with van der Waals surface area (Å²) in [5, 5.41) is 0.0637. The maximum absolute atomic E-state index is 11.6. The van der Waals surface area contributed by atoms with E-state index in [0.29, 0.717) is 18.8 Å². The first-order valence-electron chi connectivity index (χ1n) is 6.23. The minimum atomic E-state index is -0.865. The molecule has 0 aliphatic carbocycles. The largest absolute Gasteiger partial charge is 0.311 e. The van der Waals surface area contributed by atoms with Crippen LogP contribution < -0.4 is 0 Å². The highest BCUT2D eigenvalue weighted by atomic mass is 35.5. The fraction of sp³-hybridized carbons (Fsp3) is 0.538. The van der Waals surface area contributed by atoms with Crippen molar-refractivity contribution in [1.82, 2.24) is 14.5 Å². The van der Waals surface area contributed by atoms with Gasteiger partial charge in [-0.3, -0.25) is 4.21 Å². The molecule has 0 saturated carbocycles. The van der Waals surface area contributed by atoms with Crippen LogP contribution in [-0.2, 0) is 23.8 Å². The van der Waals surface area contributed by atoms with Crippen LogP contribution in [0.3, 0.4) is 0 Å². The summed E-state index contributed by atoms with van der Waals surface area (Å²) in [7, 11) is -0.865. The summed E-state index contributed by atoms with van der Waals surface area (Å²) in [6.07, 6.45) is 4.21. The number of alkyl halides is 1. The van der Waals surface area contributed by atoms with Crippen LogP contribution in [0.15, 0.2) is 12.3 Å². The van der Waals surface area contributed by atoms with Gasteiger partial charge in [0.15, 0.2) is 5.65 Å². The maximum atomic E-state index is 11.6. The van der Waals surface area contributed by atoms with Crippen LogP contribution in [0, 0.1) is 6.92 Å². The molecule has 2 unspecified atom stereocenters. The Morgan fingerprint density at radius 3 is 2.89 bits per heavy atom. The molecule has 2 atom stereocenters. The van der Waals surface area contributed by atoms with Crippen molar-refractivity contribution < 1.29 is 4.21 Å². The average Bonchev–Trinajstić information content (AvgIpc) is 2.70. The van der Waals surface area contributed by atoms with Crippen molar-refractivity contribution in [2.24, 2.45) is 0 Å². The number of hydrogen-bond donors (Lipinski definition) is 0. The Hall–Kier alpha value is -0.940. The lowest BCUT2D eigenvalue weighted by molar-refractivity contribution is 0.633. The highest BCUT2D eigenvalue weighted by molar-refractivity contribution is 7.84. The molecule has 0 N–H and O–H groups in total. The van der Waals surface area contributed by atoms with Gasteiger partial charge >= 0.3 is 0 Å². The summed E-state index contributed by atoms with van der Waals surface area (Å²) < 4.78 is 13.6. The second-order valence-corrected chi connectivity index (χ2v) is 6.87. The number of imidazole rings is 1. The molecule has 6 heteroatoms. The van der Waals surface area contributed by atoms with E-state index < -0.39 is 10.8 Å². The zero-order chi connectivity index (χ0) is 14.0. The summed E-state index contributed by atoms with van der Waals surface area (Å²) in [6.45, 7) is 4.65. The van der Waals surface area contributed by atoms with Crippen LogP contribution in [0.4, 0.5) is 0 Å². The molecule has 0 radical (unpaired) electrons. The van der Waals surface area contributed by atoms with Gasteiger partial charge in [0, 0.05) is 47.3 Å². The standard InChI is InChI=1S/C13H18ClN3OS/c1-9-5-7-15-13-12(9)16-11(4-6-14)17(13)8-10(2)19(3)18/h5,7,10H,4,6,8H2,1-3H3. The number of aryl methyl sites for hydroxylation is 2. The number of pyridine rings is 1. The average molecular weight is 300 g/mol. The summed E-state index contributed by atoms with van der Waals surface area (Å²) in [5.74, 6) is 1.44. The third-order valence-corrected chi connectivity index (χ3v) is 4.71. The van der Waals surface area contributed by atoms with Crippen molar-refractivity contribution in [3.8, 4) is 0 Å². The molecule has 19 heavy (non-hydrogen) atoms. The minimum absolute atomic E-state index is 0.0637. The van der Waals surface area contributed by atoms with Crippen LogP contribution in [0.2, 0.25) is 0 Å². The normalized spacial score (nSPS) is 14.7. The topological polar surface area (TPSA) is 47.8 Å². The number of fused-ring (bicyclic) bond motifs is 1. The van der Waals surface area contributed by atoms with Crippen LogP contribution in [0.25, 0.3) is 11.2 Å². The van der Waals surface area contributed by atoms with Crippen molar-refractivity contribution in [3.05, 3.63) is 23.7 Å². The van der Waals surface area contributed by atoms with Crippen LogP contribution in [-0.4, -0.2) is 36.1 Å². The molecule has 2 rings (SSSR count). The monoisotopic (exact) mass is 299 g/mol. The molecule has 104 valence electrons. The van der Waals surface area contributed by atoms with Crippen LogP contribution in [0.1, 0.15) is 18.3 Å². The first-order chi connectivity index (χ1) is 9.04. The summed E-state index contributed by atoms with van der Waals surface area (Å²) in [5.41, 5.74) is 2.87. The van der Waals surface area contributed by atoms with Crippen LogP contribution in [0.5, 0.6) is 0 Å². The molecule has 0 aromatic carbocycles. The highest BCUT2D eigenvalue weighted by Crippen LogP contribution is 2.19. The molecule has 0 spiro atoms. The smallest absolute Gasteiger partial charge is 0.160 e. The zero-order valence-corrected chi connectivity index (χ0v) is 13.0. The summed E-state index contributed by atoms with van der Waals surface area (Å²) >= 11 is 5.84. The lowest BCUT2D eigenvalue weighted by Crippen LogP contribution is -2.19. The molecule has 4 nitrogen and oxygen atoms in total. The van der Waals surface area contributed by atoms with E-state index in [4.69, 9.17) is 11.6 Å². The quantitative estimate of drug-likeness (QED) is 0.796. The van der Waals surface area contributed by atoms with E-state index in [9.17, 15) is 4.21 Å².